The third-order valence-corrected chi connectivity index (χ3v) is 9.51. The summed E-state index contributed by atoms with van der Waals surface area (Å²) in [7, 11) is -3.89. The Morgan fingerprint density at radius 3 is 2.36 bits per heavy atom. The molecule has 2 atom stereocenters. The standard InChI is InChI=1S/C28H28BrN3O3S/c1-19(2)26-18-31(36(34,35)22-14-12-20(3)13-15-22)27-24-10-7-11-25(29)23(24)16-17-30(27)32(26)28(33)21-8-5-4-6-9-21/h4-15,26-27H,1,16-18H2,2-3H3/t26-,27+/m1/s1. The molecule has 0 saturated carbocycles. The van der Waals surface area contributed by atoms with Crippen molar-refractivity contribution >= 4 is 31.9 Å². The topological polar surface area (TPSA) is 60.9 Å². The average molecular weight is 567 g/mol. The molecular weight excluding hydrogens is 538 g/mol. The molecule has 6 nitrogen and oxygen atoms in total. The average Bonchev–Trinajstić information content (AvgIpc) is 2.88. The fourth-order valence-electron chi connectivity index (χ4n) is 5.06. The molecule has 0 spiro atoms. The minimum Gasteiger partial charge on any atom is -0.268 e. The Balaban J connectivity index is 1.69. The Hall–Kier alpha value is -2.78. The molecule has 0 N–H and O–H groups in total. The summed E-state index contributed by atoms with van der Waals surface area (Å²) in [5, 5.41) is 3.64. The van der Waals surface area contributed by atoms with Gasteiger partial charge in [0.1, 0.15) is 6.17 Å². The molecule has 5 rings (SSSR count). The van der Waals surface area contributed by atoms with Gasteiger partial charge in [0.25, 0.3) is 5.91 Å². The fraction of sp³-hybridized carbons (Fsp3) is 0.250. The Kier molecular flexibility index (Phi) is 6.63. The first-order valence-electron chi connectivity index (χ1n) is 11.9. The van der Waals surface area contributed by atoms with Gasteiger partial charge < -0.3 is 0 Å². The minimum absolute atomic E-state index is 0.108. The molecule has 1 saturated heterocycles. The van der Waals surface area contributed by atoms with Crippen LogP contribution in [0.3, 0.4) is 0 Å². The summed E-state index contributed by atoms with van der Waals surface area (Å²) in [6.07, 6.45) is 0.00785. The van der Waals surface area contributed by atoms with Crippen LogP contribution in [-0.4, -0.2) is 47.8 Å². The van der Waals surface area contributed by atoms with E-state index in [1.54, 1.807) is 29.3 Å². The summed E-state index contributed by atoms with van der Waals surface area (Å²) < 4.78 is 30.7. The van der Waals surface area contributed by atoms with E-state index in [-0.39, 0.29) is 17.3 Å². The number of sulfonamides is 1. The lowest BCUT2D eigenvalue weighted by atomic mass is 9.95. The Morgan fingerprint density at radius 2 is 1.69 bits per heavy atom. The van der Waals surface area contributed by atoms with Crippen LogP contribution in [0.25, 0.3) is 0 Å². The van der Waals surface area contributed by atoms with Crippen LogP contribution in [0.1, 0.15) is 40.1 Å². The maximum absolute atomic E-state index is 14.1. The second-order valence-corrected chi connectivity index (χ2v) is 12.1. The molecule has 36 heavy (non-hydrogen) atoms. The second kappa shape index (κ2) is 9.59. The molecule has 3 aromatic carbocycles. The van der Waals surface area contributed by atoms with Gasteiger partial charge in [-0.05, 0) is 61.7 Å². The highest BCUT2D eigenvalue weighted by Gasteiger charge is 2.50. The number of hydrogen-bond acceptors (Lipinski definition) is 4. The van der Waals surface area contributed by atoms with E-state index in [0.717, 1.165) is 26.7 Å². The maximum atomic E-state index is 14.1. The highest BCUT2D eigenvalue weighted by Crippen LogP contribution is 2.43. The molecule has 186 valence electrons. The van der Waals surface area contributed by atoms with Crippen molar-refractivity contribution in [3.8, 4) is 0 Å². The second-order valence-electron chi connectivity index (χ2n) is 9.36. The summed E-state index contributed by atoms with van der Waals surface area (Å²) >= 11 is 3.66. The van der Waals surface area contributed by atoms with Gasteiger partial charge in [0.05, 0.1) is 10.9 Å². The van der Waals surface area contributed by atoms with Crippen molar-refractivity contribution in [2.24, 2.45) is 0 Å². The summed E-state index contributed by atoms with van der Waals surface area (Å²) in [6.45, 7) is 8.53. The zero-order chi connectivity index (χ0) is 25.6. The SMILES string of the molecule is C=C(C)[C@H]1CN(S(=O)(=O)c2ccc(C)cc2)[C@H]2c3cccc(Br)c3CCN2N1C(=O)c1ccccc1. The van der Waals surface area contributed by atoms with Gasteiger partial charge >= 0.3 is 0 Å². The quantitative estimate of drug-likeness (QED) is 0.401. The molecule has 8 heteroatoms. The lowest BCUT2D eigenvalue weighted by Crippen LogP contribution is -2.67. The number of carbonyl (C=O) groups excluding carboxylic acids is 1. The van der Waals surface area contributed by atoms with Crippen LogP contribution in [-0.2, 0) is 16.4 Å². The van der Waals surface area contributed by atoms with E-state index in [4.69, 9.17) is 0 Å². The Morgan fingerprint density at radius 1 is 1.00 bits per heavy atom. The van der Waals surface area contributed by atoms with E-state index in [9.17, 15) is 13.2 Å². The molecule has 0 radical (unpaired) electrons. The van der Waals surface area contributed by atoms with E-state index in [1.807, 2.05) is 67.4 Å². The number of carbonyl (C=O) groups is 1. The van der Waals surface area contributed by atoms with E-state index in [1.165, 1.54) is 4.31 Å². The largest absolute Gasteiger partial charge is 0.268 e. The summed E-state index contributed by atoms with van der Waals surface area (Å²) in [5.74, 6) is -0.167. The first-order valence-corrected chi connectivity index (χ1v) is 14.1. The van der Waals surface area contributed by atoms with Gasteiger partial charge in [-0.3, -0.25) is 9.80 Å². The van der Waals surface area contributed by atoms with Gasteiger partial charge in [-0.1, -0.05) is 76.1 Å². The van der Waals surface area contributed by atoms with Gasteiger partial charge in [0, 0.05) is 23.1 Å². The molecule has 0 aliphatic carbocycles. The first-order chi connectivity index (χ1) is 17.2. The molecular formula is C28H28BrN3O3S. The maximum Gasteiger partial charge on any atom is 0.268 e. The predicted molar refractivity (Wildman–Crippen MR) is 144 cm³/mol. The normalized spacial score (nSPS) is 20.5. The summed E-state index contributed by atoms with van der Waals surface area (Å²) in [5.41, 5.74) is 4.20. The molecule has 1 amide bonds. The first kappa shape index (κ1) is 24.9. The van der Waals surface area contributed by atoms with E-state index < -0.39 is 22.2 Å². The molecule has 3 aromatic rings. The van der Waals surface area contributed by atoms with E-state index >= 15 is 0 Å². The van der Waals surface area contributed by atoms with Crippen LogP contribution >= 0.6 is 15.9 Å². The Bertz CT molecular complexity index is 1420. The monoisotopic (exact) mass is 565 g/mol. The molecule has 0 unspecified atom stereocenters. The minimum atomic E-state index is -3.89. The number of nitrogens with zero attached hydrogens (tertiary/aromatic N) is 3. The van der Waals surface area contributed by atoms with Gasteiger partial charge in [-0.15, -0.1) is 0 Å². The smallest absolute Gasteiger partial charge is 0.268 e. The third-order valence-electron chi connectivity index (χ3n) is 6.93. The van der Waals surface area contributed by atoms with Crippen LogP contribution in [0.15, 0.2) is 94.3 Å². The summed E-state index contributed by atoms with van der Waals surface area (Å²) in [4.78, 5) is 14.1. The highest BCUT2D eigenvalue weighted by atomic mass is 79.9. The highest BCUT2D eigenvalue weighted by molar-refractivity contribution is 9.10. The van der Waals surface area contributed by atoms with Crippen LogP contribution in [0.2, 0.25) is 0 Å². The lowest BCUT2D eigenvalue weighted by Gasteiger charge is -2.55. The number of rotatable bonds is 4. The zero-order valence-corrected chi connectivity index (χ0v) is 22.7. The number of hydrogen-bond donors (Lipinski definition) is 0. The van der Waals surface area contributed by atoms with Crippen LogP contribution in [0, 0.1) is 6.92 Å². The molecule has 2 heterocycles. The number of aryl methyl sites for hydroxylation is 1. The van der Waals surface area contributed by atoms with Gasteiger partial charge in [0.2, 0.25) is 10.0 Å². The molecule has 2 aliphatic heterocycles. The van der Waals surface area contributed by atoms with Crippen LogP contribution in [0.5, 0.6) is 0 Å². The van der Waals surface area contributed by atoms with Gasteiger partial charge in [0.15, 0.2) is 0 Å². The van der Waals surface area contributed by atoms with Gasteiger partial charge in [-0.25, -0.2) is 8.42 Å². The molecule has 0 aromatic heterocycles. The molecule has 0 bridgehead atoms. The van der Waals surface area contributed by atoms with Crippen molar-refractivity contribution in [3.05, 3.63) is 112 Å². The number of amides is 1. The van der Waals surface area contributed by atoms with Crippen LogP contribution < -0.4 is 0 Å². The van der Waals surface area contributed by atoms with E-state index in [2.05, 4.69) is 22.5 Å². The fourth-order valence-corrected chi connectivity index (χ4v) is 7.21. The Labute approximate surface area is 221 Å². The third kappa shape index (κ3) is 4.22. The van der Waals surface area contributed by atoms with Crippen LogP contribution in [0.4, 0.5) is 0 Å². The number of fused-ring (bicyclic) bond motifs is 3. The van der Waals surface area contributed by atoms with Crippen molar-refractivity contribution in [1.29, 1.82) is 0 Å². The van der Waals surface area contributed by atoms with Crippen molar-refractivity contribution < 1.29 is 13.2 Å². The molecule has 1 fully saturated rings. The van der Waals surface area contributed by atoms with Crippen molar-refractivity contribution in [2.75, 3.05) is 13.1 Å². The summed E-state index contributed by atoms with van der Waals surface area (Å²) in [6, 6.07) is 21.4. The lowest BCUT2D eigenvalue weighted by molar-refractivity contribution is -0.130. The van der Waals surface area contributed by atoms with Crippen molar-refractivity contribution in [2.45, 2.75) is 37.4 Å². The zero-order valence-electron chi connectivity index (χ0n) is 20.3. The predicted octanol–water partition coefficient (Wildman–Crippen LogP) is 5.32. The number of hydrazine groups is 1. The molecule has 2 aliphatic rings. The van der Waals surface area contributed by atoms with Gasteiger partial charge in [-0.2, -0.15) is 9.31 Å². The number of halogens is 1. The van der Waals surface area contributed by atoms with Crippen molar-refractivity contribution in [3.63, 3.8) is 0 Å². The number of benzene rings is 3. The van der Waals surface area contributed by atoms with Crippen molar-refractivity contribution in [1.82, 2.24) is 14.3 Å². The van der Waals surface area contributed by atoms with E-state index in [0.29, 0.717) is 18.5 Å².